The monoisotopic (exact) mass is 421 g/mol. The fraction of sp³-hybridized carbons (Fsp3) is 0.591. The van der Waals surface area contributed by atoms with Gasteiger partial charge in [-0.3, -0.25) is 14.6 Å². The maximum Gasteiger partial charge on any atom is 0.324 e. The van der Waals surface area contributed by atoms with E-state index >= 15 is 0 Å². The van der Waals surface area contributed by atoms with Crippen molar-refractivity contribution in [1.82, 2.24) is 29.7 Å². The van der Waals surface area contributed by atoms with E-state index in [1.165, 1.54) is 36.9 Å². The van der Waals surface area contributed by atoms with Gasteiger partial charge in [0.25, 0.3) is 5.91 Å². The van der Waals surface area contributed by atoms with Gasteiger partial charge < -0.3 is 9.88 Å². The number of aromatic nitrogens is 3. The smallest absolute Gasteiger partial charge is 0.324 e. The van der Waals surface area contributed by atoms with Crippen molar-refractivity contribution in [3.8, 4) is 6.07 Å². The largest absolute Gasteiger partial charge is 0.325 e. The van der Waals surface area contributed by atoms with Gasteiger partial charge in [0.1, 0.15) is 17.3 Å². The second kappa shape index (κ2) is 7.61. The number of likely N-dealkylation sites (N-methyl/N-ethyl adjacent to an activating group) is 1. The lowest BCUT2D eigenvalue weighted by Gasteiger charge is -2.37. The first kappa shape index (κ1) is 19.9. The van der Waals surface area contributed by atoms with Crippen LogP contribution in [-0.4, -0.2) is 61.9 Å². The fourth-order valence-electron chi connectivity index (χ4n) is 5.40. The van der Waals surface area contributed by atoms with Crippen LogP contribution in [-0.2, 0) is 11.3 Å². The van der Waals surface area contributed by atoms with Crippen molar-refractivity contribution in [2.24, 2.45) is 0 Å². The SMILES string of the molecule is CN1C(=O)NC2(CCN(Cc3cc4cnc(C#N)nc4n3C3CCCCC3)CC2)C1=O. The number of imide groups is 1. The normalized spacial score (nSPS) is 22.3. The Morgan fingerprint density at radius 2 is 1.97 bits per heavy atom. The topological polar surface area (TPSA) is 107 Å². The van der Waals surface area contributed by atoms with Gasteiger partial charge in [-0.15, -0.1) is 0 Å². The van der Waals surface area contributed by atoms with Crippen molar-refractivity contribution in [2.75, 3.05) is 20.1 Å². The molecule has 9 nitrogen and oxygen atoms in total. The quantitative estimate of drug-likeness (QED) is 0.762. The van der Waals surface area contributed by atoms with E-state index in [0.717, 1.165) is 43.5 Å². The zero-order chi connectivity index (χ0) is 21.6. The molecule has 3 amide bonds. The summed E-state index contributed by atoms with van der Waals surface area (Å²) in [6, 6.07) is 4.30. The predicted octanol–water partition coefficient (Wildman–Crippen LogP) is 2.32. The van der Waals surface area contributed by atoms with Crippen LogP contribution in [0.25, 0.3) is 11.0 Å². The highest BCUT2D eigenvalue weighted by atomic mass is 16.2. The lowest BCUT2D eigenvalue weighted by atomic mass is 9.87. The molecule has 4 heterocycles. The first-order valence-electron chi connectivity index (χ1n) is 11.1. The second-order valence-electron chi connectivity index (χ2n) is 9.03. The Labute approximate surface area is 181 Å². The highest BCUT2D eigenvalue weighted by Crippen LogP contribution is 2.35. The van der Waals surface area contributed by atoms with Gasteiger partial charge in [-0.2, -0.15) is 5.26 Å². The zero-order valence-corrected chi connectivity index (χ0v) is 17.8. The van der Waals surface area contributed by atoms with Crippen molar-refractivity contribution in [3.05, 3.63) is 23.8 Å². The summed E-state index contributed by atoms with van der Waals surface area (Å²) >= 11 is 0. The minimum absolute atomic E-state index is 0.118. The summed E-state index contributed by atoms with van der Waals surface area (Å²) in [5.41, 5.74) is 1.29. The zero-order valence-electron chi connectivity index (χ0n) is 17.8. The van der Waals surface area contributed by atoms with Gasteiger partial charge in [0.15, 0.2) is 0 Å². The number of fused-ring (bicyclic) bond motifs is 1. The summed E-state index contributed by atoms with van der Waals surface area (Å²) in [6.45, 7) is 2.23. The van der Waals surface area contributed by atoms with Crippen LogP contribution >= 0.6 is 0 Å². The molecule has 2 aromatic rings. The van der Waals surface area contributed by atoms with Crippen LogP contribution in [0.1, 0.15) is 62.5 Å². The molecule has 1 spiro atoms. The molecule has 1 N–H and O–H groups in total. The minimum Gasteiger partial charge on any atom is -0.325 e. The summed E-state index contributed by atoms with van der Waals surface area (Å²) in [4.78, 5) is 36.8. The number of rotatable bonds is 3. The van der Waals surface area contributed by atoms with Crippen LogP contribution < -0.4 is 5.32 Å². The number of carbonyl (C=O) groups is 2. The first-order valence-corrected chi connectivity index (χ1v) is 11.1. The van der Waals surface area contributed by atoms with E-state index in [2.05, 4.69) is 36.9 Å². The Morgan fingerprint density at radius 1 is 1.23 bits per heavy atom. The van der Waals surface area contributed by atoms with Gasteiger partial charge in [0.2, 0.25) is 5.82 Å². The van der Waals surface area contributed by atoms with E-state index in [4.69, 9.17) is 0 Å². The number of carbonyl (C=O) groups excluding carboxylic acids is 2. The van der Waals surface area contributed by atoms with E-state index in [1.807, 2.05) is 0 Å². The van der Waals surface area contributed by atoms with E-state index in [0.29, 0.717) is 18.9 Å². The lowest BCUT2D eigenvalue weighted by Crippen LogP contribution is -2.54. The molecule has 31 heavy (non-hydrogen) atoms. The lowest BCUT2D eigenvalue weighted by molar-refractivity contribution is -0.132. The van der Waals surface area contributed by atoms with Crippen molar-refractivity contribution in [2.45, 2.75) is 63.1 Å². The average Bonchev–Trinajstić information content (AvgIpc) is 3.25. The maximum atomic E-state index is 12.6. The summed E-state index contributed by atoms with van der Waals surface area (Å²) in [6.07, 6.45) is 8.91. The van der Waals surface area contributed by atoms with Gasteiger partial charge in [0.05, 0.1) is 0 Å². The summed E-state index contributed by atoms with van der Waals surface area (Å²) in [7, 11) is 1.54. The molecule has 1 saturated carbocycles. The number of nitrogens with one attached hydrogen (secondary N) is 1. The Balaban J connectivity index is 1.40. The number of likely N-dealkylation sites (tertiary alicyclic amines) is 1. The van der Waals surface area contributed by atoms with E-state index in [-0.39, 0.29) is 17.8 Å². The number of amides is 3. The molecule has 2 aliphatic heterocycles. The molecular formula is C22H27N7O2. The van der Waals surface area contributed by atoms with Crippen LogP contribution in [0.3, 0.4) is 0 Å². The van der Waals surface area contributed by atoms with Crippen molar-refractivity contribution >= 4 is 23.0 Å². The molecule has 0 unspecified atom stereocenters. The molecule has 3 fully saturated rings. The number of urea groups is 1. The number of piperidine rings is 1. The maximum absolute atomic E-state index is 12.6. The van der Waals surface area contributed by atoms with Gasteiger partial charge in [0, 0.05) is 50.0 Å². The van der Waals surface area contributed by atoms with Crippen LogP contribution in [0.15, 0.2) is 12.3 Å². The Morgan fingerprint density at radius 3 is 2.61 bits per heavy atom. The third kappa shape index (κ3) is 3.35. The van der Waals surface area contributed by atoms with Crippen LogP contribution in [0.4, 0.5) is 4.79 Å². The molecule has 162 valence electrons. The molecule has 0 aromatic carbocycles. The number of nitrogens with zero attached hydrogens (tertiary/aromatic N) is 6. The Kier molecular flexibility index (Phi) is 4.89. The van der Waals surface area contributed by atoms with E-state index in [9.17, 15) is 14.9 Å². The summed E-state index contributed by atoms with van der Waals surface area (Å²) in [5, 5.41) is 13.1. The first-order chi connectivity index (χ1) is 15.0. The molecule has 3 aliphatic rings. The third-order valence-electron chi connectivity index (χ3n) is 7.16. The van der Waals surface area contributed by atoms with Gasteiger partial charge in [-0.1, -0.05) is 19.3 Å². The molecule has 2 saturated heterocycles. The summed E-state index contributed by atoms with van der Waals surface area (Å²) < 4.78 is 2.33. The number of hydrogen-bond donors (Lipinski definition) is 1. The molecule has 1 aliphatic carbocycles. The molecule has 0 bridgehead atoms. The molecule has 0 radical (unpaired) electrons. The van der Waals surface area contributed by atoms with Crippen molar-refractivity contribution < 1.29 is 9.59 Å². The predicted molar refractivity (Wildman–Crippen MR) is 113 cm³/mol. The van der Waals surface area contributed by atoms with Crippen molar-refractivity contribution in [3.63, 3.8) is 0 Å². The van der Waals surface area contributed by atoms with Gasteiger partial charge in [-0.05, 0) is 31.7 Å². The third-order valence-corrected chi connectivity index (χ3v) is 7.16. The second-order valence-corrected chi connectivity index (χ2v) is 9.03. The molecule has 9 heteroatoms. The highest BCUT2D eigenvalue weighted by Gasteiger charge is 2.50. The molecular weight excluding hydrogens is 394 g/mol. The molecule has 0 atom stereocenters. The average molecular weight is 422 g/mol. The molecule has 5 rings (SSSR count). The Bertz CT molecular complexity index is 1070. The van der Waals surface area contributed by atoms with E-state index < -0.39 is 5.54 Å². The fourth-order valence-corrected chi connectivity index (χ4v) is 5.40. The number of hydrogen-bond acceptors (Lipinski definition) is 6. The van der Waals surface area contributed by atoms with Crippen molar-refractivity contribution in [1.29, 1.82) is 5.26 Å². The minimum atomic E-state index is -0.744. The van der Waals surface area contributed by atoms with Crippen LogP contribution in [0.5, 0.6) is 0 Å². The molecule has 2 aromatic heterocycles. The number of nitriles is 1. The van der Waals surface area contributed by atoms with E-state index in [1.54, 1.807) is 6.20 Å². The van der Waals surface area contributed by atoms with Gasteiger partial charge >= 0.3 is 6.03 Å². The Hall–Kier alpha value is -2.99. The standard InChI is InChI=1S/C22H27N7O2/c1-27-20(30)22(26-21(27)31)7-9-28(10-8-22)14-17-11-15-13-24-18(12-23)25-19(15)29(17)16-5-3-2-4-6-16/h11,13,16H,2-10,14H2,1H3,(H,26,31). The van der Waals surface area contributed by atoms with Crippen LogP contribution in [0.2, 0.25) is 0 Å². The highest BCUT2D eigenvalue weighted by molar-refractivity contribution is 6.06. The van der Waals surface area contributed by atoms with Gasteiger partial charge in [-0.25, -0.2) is 14.8 Å². The summed E-state index contributed by atoms with van der Waals surface area (Å²) in [5.74, 6) is 0.0847. The van der Waals surface area contributed by atoms with Crippen LogP contribution in [0, 0.1) is 11.3 Å².